The molecule has 1 N–H and O–H groups in total. The van der Waals surface area contributed by atoms with E-state index in [1.54, 1.807) is 0 Å². The number of carbonyl (C=O) groups excluding carboxylic acids is 1. The number of aryl methyl sites for hydroxylation is 3. The number of nitrogens with one attached hydrogen (secondary N) is 1. The van der Waals surface area contributed by atoms with E-state index in [2.05, 4.69) is 44.8 Å². The number of hydrogen-bond donors (Lipinski definition) is 1. The summed E-state index contributed by atoms with van der Waals surface area (Å²) in [5.41, 5.74) is 4.88. The number of carbonyl (C=O) groups is 1. The highest BCUT2D eigenvalue weighted by Gasteiger charge is 2.04. The summed E-state index contributed by atoms with van der Waals surface area (Å²) in [6.07, 6.45) is 1.29. The van der Waals surface area contributed by atoms with Gasteiger partial charge in [0, 0.05) is 6.54 Å². The lowest BCUT2D eigenvalue weighted by molar-refractivity contribution is -0.116. The van der Waals surface area contributed by atoms with Crippen LogP contribution in [0.4, 0.5) is 0 Å². The molecule has 0 atom stereocenters. The molecule has 16 heavy (non-hydrogen) atoms. The van der Waals surface area contributed by atoms with E-state index in [1.165, 1.54) is 28.3 Å². The lowest BCUT2D eigenvalue weighted by atomic mass is 10.00. The lowest BCUT2D eigenvalue weighted by Crippen LogP contribution is -2.21. The van der Waals surface area contributed by atoms with E-state index in [9.17, 15) is 4.79 Å². The first-order valence-electron chi connectivity index (χ1n) is 5.01. The van der Waals surface area contributed by atoms with Crippen LogP contribution in [0.1, 0.15) is 22.3 Å². The van der Waals surface area contributed by atoms with Gasteiger partial charge in [-0.25, -0.2) is 0 Å². The van der Waals surface area contributed by atoms with Gasteiger partial charge in [-0.3, -0.25) is 4.79 Å². The van der Waals surface area contributed by atoms with Crippen LogP contribution >= 0.6 is 12.4 Å². The van der Waals surface area contributed by atoms with E-state index in [-0.39, 0.29) is 18.3 Å². The summed E-state index contributed by atoms with van der Waals surface area (Å²) in [5, 5.41) is 2.79. The van der Waals surface area contributed by atoms with Crippen molar-refractivity contribution in [2.24, 2.45) is 0 Å². The molecule has 0 fully saturated rings. The molecule has 2 nitrogen and oxygen atoms in total. The van der Waals surface area contributed by atoms with Crippen molar-refractivity contribution in [1.29, 1.82) is 0 Å². The minimum absolute atomic E-state index is 0. The maximum atomic E-state index is 11.0. The molecule has 1 aromatic rings. The zero-order valence-electron chi connectivity index (χ0n) is 9.96. The van der Waals surface area contributed by atoms with Gasteiger partial charge in [-0.2, -0.15) is 0 Å². The molecule has 0 aliphatic carbocycles. The molecule has 0 aliphatic heterocycles. The molecule has 0 aromatic heterocycles. The van der Waals surface area contributed by atoms with Crippen LogP contribution in [0.5, 0.6) is 0 Å². The fourth-order valence-corrected chi connectivity index (χ4v) is 1.74. The Bertz CT molecular complexity index is 376. The Balaban J connectivity index is 0.00000225. The van der Waals surface area contributed by atoms with Crippen molar-refractivity contribution in [3.05, 3.63) is 47.0 Å². The van der Waals surface area contributed by atoms with Crippen LogP contribution in [-0.4, -0.2) is 5.91 Å². The SMILES string of the molecule is C=CC(=O)NCc1c(C)cc(C)cc1C.Cl. The first kappa shape index (κ1) is 14.7. The molecule has 1 aromatic carbocycles. The van der Waals surface area contributed by atoms with Crippen LogP contribution in [-0.2, 0) is 11.3 Å². The van der Waals surface area contributed by atoms with Gasteiger partial charge in [-0.15, -0.1) is 12.4 Å². The van der Waals surface area contributed by atoms with Crippen molar-refractivity contribution < 1.29 is 4.79 Å². The molecule has 88 valence electrons. The van der Waals surface area contributed by atoms with Crippen molar-refractivity contribution in [3.63, 3.8) is 0 Å². The molecule has 0 heterocycles. The standard InChI is InChI=1S/C13H17NO.ClH/c1-5-13(15)14-8-12-10(3)6-9(2)7-11(12)4;/h5-7H,1,8H2,2-4H3,(H,14,15);1H. The fourth-order valence-electron chi connectivity index (χ4n) is 1.74. The second-order valence-corrected chi connectivity index (χ2v) is 3.80. The van der Waals surface area contributed by atoms with E-state index in [0.717, 1.165) is 0 Å². The number of halogens is 1. The second-order valence-electron chi connectivity index (χ2n) is 3.80. The Morgan fingerprint density at radius 2 is 1.81 bits per heavy atom. The monoisotopic (exact) mass is 239 g/mol. The average Bonchev–Trinajstić information content (AvgIpc) is 2.15. The van der Waals surface area contributed by atoms with Crippen LogP contribution in [0.3, 0.4) is 0 Å². The Kier molecular flexibility index (Phi) is 5.83. The van der Waals surface area contributed by atoms with Crippen molar-refractivity contribution in [2.45, 2.75) is 27.3 Å². The predicted molar refractivity (Wildman–Crippen MR) is 69.9 cm³/mol. The number of benzene rings is 1. The topological polar surface area (TPSA) is 29.1 Å². The zero-order chi connectivity index (χ0) is 11.4. The number of hydrogen-bond acceptors (Lipinski definition) is 1. The number of amides is 1. The van der Waals surface area contributed by atoms with E-state index < -0.39 is 0 Å². The third-order valence-electron chi connectivity index (χ3n) is 2.47. The number of rotatable bonds is 3. The molecule has 0 aliphatic rings. The third kappa shape index (κ3) is 3.70. The molecule has 0 saturated heterocycles. The van der Waals surface area contributed by atoms with Crippen molar-refractivity contribution in [2.75, 3.05) is 0 Å². The van der Waals surface area contributed by atoms with Gasteiger partial charge in [-0.1, -0.05) is 24.3 Å². The summed E-state index contributed by atoms with van der Waals surface area (Å²) >= 11 is 0. The minimum Gasteiger partial charge on any atom is -0.348 e. The van der Waals surface area contributed by atoms with Crippen molar-refractivity contribution in [1.82, 2.24) is 5.32 Å². The van der Waals surface area contributed by atoms with Gasteiger partial charge in [0.15, 0.2) is 0 Å². The lowest BCUT2D eigenvalue weighted by Gasteiger charge is -2.11. The normalized spacial score (nSPS) is 9.19. The van der Waals surface area contributed by atoms with E-state index in [1.807, 2.05) is 0 Å². The van der Waals surface area contributed by atoms with Crippen LogP contribution in [0.2, 0.25) is 0 Å². The largest absolute Gasteiger partial charge is 0.348 e. The van der Waals surface area contributed by atoms with Crippen LogP contribution in [0.25, 0.3) is 0 Å². The zero-order valence-corrected chi connectivity index (χ0v) is 10.8. The summed E-state index contributed by atoms with van der Waals surface area (Å²) in [7, 11) is 0. The van der Waals surface area contributed by atoms with E-state index in [4.69, 9.17) is 0 Å². The molecular weight excluding hydrogens is 222 g/mol. The fraction of sp³-hybridized carbons (Fsp3) is 0.308. The smallest absolute Gasteiger partial charge is 0.243 e. The molecule has 1 rings (SSSR count). The highest BCUT2D eigenvalue weighted by atomic mass is 35.5. The second kappa shape index (κ2) is 6.33. The molecule has 3 heteroatoms. The summed E-state index contributed by atoms with van der Waals surface area (Å²) < 4.78 is 0. The molecule has 0 saturated carbocycles. The van der Waals surface area contributed by atoms with Gasteiger partial charge in [0.2, 0.25) is 5.91 Å². The summed E-state index contributed by atoms with van der Waals surface area (Å²) in [6, 6.07) is 4.25. The van der Waals surface area contributed by atoms with Crippen LogP contribution < -0.4 is 5.32 Å². The molecule has 0 unspecified atom stereocenters. The first-order chi connectivity index (χ1) is 7.04. The van der Waals surface area contributed by atoms with Gasteiger partial charge in [-0.05, 0) is 43.5 Å². The molecule has 0 radical (unpaired) electrons. The molecule has 0 spiro atoms. The van der Waals surface area contributed by atoms with Gasteiger partial charge in [0.1, 0.15) is 0 Å². The molecular formula is C13H18ClNO. The van der Waals surface area contributed by atoms with Crippen LogP contribution in [0, 0.1) is 20.8 Å². The van der Waals surface area contributed by atoms with Crippen molar-refractivity contribution >= 4 is 18.3 Å². The van der Waals surface area contributed by atoms with E-state index in [0.29, 0.717) is 6.54 Å². The van der Waals surface area contributed by atoms with Crippen molar-refractivity contribution in [3.8, 4) is 0 Å². The Morgan fingerprint density at radius 1 is 1.31 bits per heavy atom. The Labute approximate surface area is 103 Å². The van der Waals surface area contributed by atoms with Gasteiger partial charge in [0.05, 0.1) is 0 Å². The van der Waals surface area contributed by atoms with E-state index >= 15 is 0 Å². The Hall–Kier alpha value is -1.28. The quantitative estimate of drug-likeness (QED) is 0.808. The summed E-state index contributed by atoms with van der Waals surface area (Å²) in [5.74, 6) is -0.130. The average molecular weight is 240 g/mol. The summed E-state index contributed by atoms with van der Waals surface area (Å²) in [4.78, 5) is 11.0. The molecule has 1 amide bonds. The minimum atomic E-state index is -0.130. The highest BCUT2D eigenvalue weighted by Crippen LogP contribution is 2.15. The predicted octanol–water partition coefficient (Wildman–Crippen LogP) is 2.84. The first-order valence-corrected chi connectivity index (χ1v) is 5.01. The van der Waals surface area contributed by atoms with Gasteiger partial charge >= 0.3 is 0 Å². The summed E-state index contributed by atoms with van der Waals surface area (Å²) in [6.45, 7) is 10.2. The maximum absolute atomic E-state index is 11.0. The Morgan fingerprint density at radius 3 is 2.25 bits per heavy atom. The maximum Gasteiger partial charge on any atom is 0.243 e. The van der Waals surface area contributed by atoms with Gasteiger partial charge < -0.3 is 5.32 Å². The highest BCUT2D eigenvalue weighted by molar-refractivity contribution is 5.86. The molecule has 0 bridgehead atoms. The third-order valence-corrected chi connectivity index (χ3v) is 2.47. The van der Waals surface area contributed by atoms with Crippen LogP contribution in [0.15, 0.2) is 24.8 Å². The van der Waals surface area contributed by atoms with Gasteiger partial charge in [0.25, 0.3) is 0 Å².